The Hall–Kier alpha value is -1.50. The van der Waals surface area contributed by atoms with Crippen molar-refractivity contribution in [2.75, 3.05) is 0 Å². The summed E-state index contributed by atoms with van der Waals surface area (Å²) in [4.78, 5) is 0. The summed E-state index contributed by atoms with van der Waals surface area (Å²) in [6, 6.07) is 3.46. The van der Waals surface area contributed by atoms with Crippen molar-refractivity contribution in [1.29, 1.82) is 0 Å². The van der Waals surface area contributed by atoms with Gasteiger partial charge in [-0.05, 0) is 5.56 Å². The third-order valence-corrected chi connectivity index (χ3v) is 4.03. The van der Waals surface area contributed by atoms with Gasteiger partial charge in [0.05, 0.1) is 0 Å². The molecule has 13 heteroatoms. The summed E-state index contributed by atoms with van der Waals surface area (Å²) >= 11 is 0. The van der Waals surface area contributed by atoms with Gasteiger partial charge in [0.1, 0.15) is 15.4 Å². The molecule has 1 aromatic carbocycles. The van der Waals surface area contributed by atoms with Gasteiger partial charge in [-0.2, -0.15) is 39.5 Å². The molecule has 1 aromatic rings. The highest BCUT2D eigenvalue weighted by Crippen LogP contribution is 2.57. The normalized spacial score (nSPS) is 16.1. The van der Waals surface area contributed by atoms with Gasteiger partial charge in [0.25, 0.3) is 0 Å². The first-order valence-electron chi connectivity index (χ1n) is 5.67. The molecule has 1 unspecified atom stereocenters. The number of benzene rings is 1. The van der Waals surface area contributed by atoms with Crippen molar-refractivity contribution in [3.63, 3.8) is 0 Å². The van der Waals surface area contributed by atoms with Crippen molar-refractivity contribution in [1.82, 2.24) is 0 Å². The van der Waals surface area contributed by atoms with Crippen molar-refractivity contribution < 1.29 is 52.5 Å². The molecule has 0 N–H and O–H groups in total. The van der Waals surface area contributed by atoms with Crippen LogP contribution in [0.25, 0.3) is 0 Å². The molecule has 0 spiro atoms. The van der Waals surface area contributed by atoms with Gasteiger partial charge >= 0.3 is 23.9 Å². The van der Waals surface area contributed by atoms with Crippen LogP contribution in [0, 0.1) is 0 Å². The van der Waals surface area contributed by atoms with Crippen LogP contribution in [0.2, 0.25) is 0 Å². The van der Waals surface area contributed by atoms with Crippen LogP contribution in [0.1, 0.15) is 10.8 Å². The molecule has 0 aromatic heterocycles. The molecule has 0 saturated carbocycles. The lowest BCUT2D eigenvalue weighted by molar-refractivity contribution is -0.396. The molecular formula is C11H6F9O3S-. The first-order chi connectivity index (χ1) is 10.5. The highest BCUT2D eigenvalue weighted by atomic mass is 32.2. The van der Waals surface area contributed by atoms with E-state index in [1.54, 1.807) is 0 Å². The minimum absolute atomic E-state index is 0.399. The molecule has 24 heavy (non-hydrogen) atoms. The van der Waals surface area contributed by atoms with Gasteiger partial charge in [-0.15, -0.1) is 0 Å². The van der Waals surface area contributed by atoms with Gasteiger partial charge in [0.2, 0.25) is 0 Å². The molecule has 0 aliphatic carbocycles. The van der Waals surface area contributed by atoms with Crippen LogP contribution in [0.4, 0.5) is 39.5 Å². The molecule has 0 saturated heterocycles. The number of hydrogen-bond acceptors (Lipinski definition) is 3. The van der Waals surface area contributed by atoms with Crippen LogP contribution in [-0.2, 0) is 10.1 Å². The lowest BCUT2D eigenvalue weighted by Crippen LogP contribution is -2.63. The Labute approximate surface area is 128 Å². The molecule has 0 aliphatic rings. The van der Waals surface area contributed by atoms with Gasteiger partial charge in [-0.25, -0.2) is 8.42 Å². The van der Waals surface area contributed by atoms with Crippen LogP contribution in [-0.4, -0.2) is 36.9 Å². The van der Waals surface area contributed by atoms with E-state index in [1.165, 1.54) is 0 Å². The SMILES string of the molecule is O=S(=O)([O-])C(c1ccccc1)C(F)(F)C(F)(F)C(F)(F)C(F)(F)F. The third kappa shape index (κ3) is 3.18. The average Bonchev–Trinajstić information content (AvgIpc) is 2.36. The summed E-state index contributed by atoms with van der Waals surface area (Å²) in [6.45, 7) is 0. The van der Waals surface area contributed by atoms with Crippen molar-refractivity contribution in [3.8, 4) is 0 Å². The van der Waals surface area contributed by atoms with E-state index in [9.17, 15) is 52.5 Å². The van der Waals surface area contributed by atoms with E-state index in [-0.39, 0.29) is 0 Å². The smallest absolute Gasteiger partial charge is 0.460 e. The zero-order valence-corrected chi connectivity index (χ0v) is 11.8. The predicted octanol–water partition coefficient (Wildman–Crippen LogP) is 3.74. The van der Waals surface area contributed by atoms with Crippen molar-refractivity contribution in [2.45, 2.75) is 29.2 Å². The second-order valence-electron chi connectivity index (χ2n) is 4.55. The molecule has 1 atom stereocenters. The monoisotopic (exact) mass is 389 g/mol. The molecule has 0 fully saturated rings. The fourth-order valence-corrected chi connectivity index (χ4v) is 2.74. The summed E-state index contributed by atoms with van der Waals surface area (Å²) in [5, 5.41) is -4.16. The molecule has 0 radical (unpaired) electrons. The largest absolute Gasteiger partial charge is 0.747 e. The van der Waals surface area contributed by atoms with Crippen molar-refractivity contribution >= 4 is 10.1 Å². The molecule has 1 rings (SSSR count). The van der Waals surface area contributed by atoms with E-state index in [2.05, 4.69) is 0 Å². The predicted molar refractivity (Wildman–Crippen MR) is 59.8 cm³/mol. The molecular weight excluding hydrogens is 383 g/mol. The quantitative estimate of drug-likeness (QED) is 0.570. The van der Waals surface area contributed by atoms with Crippen LogP contribution >= 0.6 is 0 Å². The van der Waals surface area contributed by atoms with E-state index in [0.717, 1.165) is 18.2 Å². The summed E-state index contributed by atoms with van der Waals surface area (Å²) < 4.78 is 149. The third-order valence-electron chi connectivity index (χ3n) is 2.89. The number of halogens is 9. The molecule has 3 nitrogen and oxygen atoms in total. The Kier molecular flexibility index (Phi) is 4.96. The fourth-order valence-electron chi connectivity index (χ4n) is 1.74. The minimum Gasteiger partial charge on any atom is -0.747 e. The highest BCUT2D eigenvalue weighted by Gasteiger charge is 2.83. The number of alkyl halides is 9. The van der Waals surface area contributed by atoms with Crippen molar-refractivity contribution in [3.05, 3.63) is 35.9 Å². The Morgan fingerprint density at radius 3 is 1.54 bits per heavy atom. The van der Waals surface area contributed by atoms with E-state index in [1.807, 2.05) is 0 Å². The first kappa shape index (κ1) is 20.5. The van der Waals surface area contributed by atoms with E-state index < -0.39 is 44.9 Å². The molecule has 138 valence electrons. The molecule has 0 bridgehead atoms. The van der Waals surface area contributed by atoms with Gasteiger partial charge in [0, 0.05) is 0 Å². The Morgan fingerprint density at radius 2 is 1.21 bits per heavy atom. The maximum absolute atomic E-state index is 13.8. The minimum atomic E-state index is -7.29. The number of hydrogen-bond donors (Lipinski definition) is 0. The van der Waals surface area contributed by atoms with Crippen LogP contribution < -0.4 is 0 Å². The van der Waals surface area contributed by atoms with Gasteiger partial charge in [-0.1, -0.05) is 30.3 Å². The second-order valence-corrected chi connectivity index (χ2v) is 6.01. The van der Waals surface area contributed by atoms with Crippen molar-refractivity contribution in [2.24, 2.45) is 0 Å². The first-order valence-corrected chi connectivity index (χ1v) is 7.15. The lowest BCUT2D eigenvalue weighted by Gasteiger charge is -2.38. The molecule has 0 heterocycles. The highest BCUT2D eigenvalue weighted by molar-refractivity contribution is 7.86. The average molecular weight is 389 g/mol. The van der Waals surface area contributed by atoms with Crippen LogP contribution in [0.3, 0.4) is 0 Å². The van der Waals surface area contributed by atoms with Gasteiger partial charge in [-0.3, -0.25) is 0 Å². The maximum Gasteiger partial charge on any atom is 0.460 e. The van der Waals surface area contributed by atoms with Crippen LogP contribution in [0.5, 0.6) is 0 Å². The van der Waals surface area contributed by atoms with E-state index in [4.69, 9.17) is 0 Å². The zero-order chi connectivity index (χ0) is 19.2. The van der Waals surface area contributed by atoms with Crippen LogP contribution in [0.15, 0.2) is 30.3 Å². The molecule has 0 amide bonds. The number of rotatable bonds is 5. The van der Waals surface area contributed by atoms with Gasteiger partial charge in [0.15, 0.2) is 0 Å². The zero-order valence-electron chi connectivity index (χ0n) is 11.0. The summed E-state index contributed by atoms with van der Waals surface area (Å²) in [7, 11) is -6.45. The Bertz CT molecular complexity index is 682. The standard InChI is InChI=1S/C11H7F9O3S/c12-8(13,9(14,15)10(16,17)11(18,19)20)7(24(21,22)23)6-4-2-1-3-5-6/h1-5,7H,(H,21,22,23)/p-1. The maximum atomic E-state index is 13.8. The summed E-state index contributed by atoms with van der Waals surface area (Å²) in [6.07, 6.45) is -7.12. The topological polar surface area (TPSA) is 57.2 Å². The summed E-state index contributed by atoms with van der Waals surface area (Å²) in [5.41, 5.74) is -1.37. The fraction of sp³-hybridized carbons (Fsp3) is 0.455. The lowest BCUT2D eigenvalue weighted by atomic mass is 9.96. The molecule has 0 aliphatic heterocycles. The van der Waals surface area contributed by atoms with E-state index >= 15 is 0 Å². The van der Waals surface area contributed by atoms with E-state index in [0.29, 0.717) is 12.1 Å². The Balaban J connectivity index is 3.63. The second kappa shape index (κ2) is 5.79. The van der Waals surface area contributed by atoms with Gasteiger partial charge < -0.3 is 4.55 Å². The Morgan fingerprint density at radius 1 is 0.792 bits per heavy atom. The summed E-state index contributed by atoms with van der Waals surface area (Å²) in [5.74, 6) is -21.1.